The smallest absolute Gasteiger partial charge is 0.252 e. The number of amides is 1. The van der Waals surface area contributed by atoms with Gasteiger partial charge in [-0.1, -0.05) is 48.5 Å². The van der Waals surface area contributed by atoms with Gasteiger partial charge in [0.2, 0.25) is 0 Å². The van der Waals surface area contributed by atoms with Gasteiger partial charge in [-0.15, -0.1) is 0 Å². The Labute approximate surface area is 119 Å². The van der Waals surface area contributed by atoms with Crippen LogP contribution in [0.5, 0.6) is 0 Å². The van der Waals surface area contributed by atoms with E-state index >= 15 is 0 Å². The van der Waals surface area contributed by atoms with Crippen LogP contribution in [-0.2, 0) is 0 Å². The topological polar surface area (TPSA) is 49.3 Å². The van der Waals surface area contributed by atoms with E-state index in [0.29, 0.717) is 5.56 Å². The van der Waals surface area contributed by atoms with Gasteiger partial charge < -0.3 is 10.4 Å². The first kappa shape index (κ1) is 14.3. The third-order valence-electron chi connectivity index (χ3n) is 3.10. The van der Waals surface area contributed by atoms with Crippen LogP contribution >= 0.6 is 0 Å². The summed E-state index contributed by atoms with van der Waals surface area (Å²) < 4.78 is 0. The Morgan fingerprint density at radius 3 is 2.30 bits per heavy atom. The van der Waals surface area contributed by atoms with Gasteiger partial charge in [-0.2, -0.15) is 0 Å². The third kappa shape index (κ3) is 3.25. The van der Waals surface area contributed by atoms with Crippen LogP contribution in [0.2, 0.25) is 0 Å². The van der Waals surface area contributed by atoms with E-state index in [1.54, 1.807) is 19.9 Å². The van der Waals surface area contributed by atoms with Crippen LogP contribution in [-0.4, -0.2) is 23.2 Å². The van der Waals surface area contributed by atoms with Gasteiger partial charge in [0.25, 0.3) is 5.91 Å². The van der Waals surface area contributed by atoms with Crippen LogP contribution in [0.25, 0.3) is 11.1 Å². The summed E-state index contributed by atoms with van der Waals surface area (Å²) in [6.07, 6.45) is 0. The number of hydrogen-bond donors (Lipinski definition) is 2. The molecule has 3 heteroatoms. The number of aliphatic hydroxyl groups excluding tert-OH is 1. The van der Waals surface area contributed by atoms with Crippen molar-refractivity contribution in [1.82, 2.24) is 5.32 Å². The van der Waals surface area contributed by atoms with Gasteiger partial charge in [-0.05, 0) is 31.0 Å². The third-order valence-corrected chi connectivity index (χ3v) is 3.10. The van der Waals surface area contributed by atoms with Crippen molar-refractivity contribution in [3.05, 3.63) is 60.2 Å². The van der Waals surface area contributed by atoms with Crippen molar-refractivity contribution in [1.29, 1.82) is 0 Å². The minimum absolute atomic E-state index is 0.105. The van der Waals surface area contributed by atoms with Gasteiger partial charge in [0.1, 0.15) is 0 Å². The maximum Gasteiger partial charge on any atom is 0.252 e. The Morgan fingerprint density at radius 2 is 1.65 bits per heavy atom. The zero-order valence-electron chi connectivity index (χ0n) is 11.8. The lowest BCUT2D eigenvalue weighted by molar-refractivity contribution is 0.0870. The van der Waals surface area contributed by atoms with Crippen LogP contribution in [0.3, 0.4) is 0 Å². The SMILES string of the molecule is CC(C)(CO)NC(=O)c1ccccc1-c1ccccc1. The first-order valence-corrected chi connectivity index (χ1v) is 6.61. The molecule has 2 aromatic rings. The lowest BCUT2D eigenvalue weighted by atomic mass is 9.98. The molecule has 2 aromatic carbocycles. The molecule has 2 N–H and O–H groups in total. The standard InChI is InChI=1S/C17H19NO2/c1-17(2,12-19)18-16(20)15-11-7-6-10-14(15)13-8-4-3-5-9-13/h3-11,19H,12H2,1-2H3,(H,18,20). The van der Waals surface area contributed by atoms with Gasteiger partial charge in [0.15, 0.2) is 0 Å². The molecule has 0 aromatic heterocycles. The summed E-state index contributed by atoms with van der Waals surface area (Å²) in [7, 11) is 0. The molecule has 20 heavy (non-hydrogen) atoms. The first-order chi connectivity index (χ1) is 9.53. The summed E-state index contributed by atoms with van der Waals surface area (Å²) in [5.74, 6) is -0.177. The molecule has 0 saturated heterocycles. The van der Waals surface area contributed by atoms with Crippen molar-refractivity contribution in [2.24, 2.45) is 0 Å². The second kappa shape index (κ2) is 5.88. The summed E-state index contributed by atoms with van der Waals surface area (Å²) in [6, 6.07) is 17.3. The van der Waals surface area contributed by atoms with Gasteiger partial charge in [0, 0.05) is 5.56 Å². The Balaban J connectivity index is 2.36. The first-order valence-electron chi connectivity index (χ1n) is 6.61. The number of nitrogens with one attached hydrogen (secondary N) is 1. The normalized spacial score (nSPS) is 11.2. The monoisotopic (exact) mass is 269 g/mol. The molecule has 3 nitrogen and oxygen atoms in total. The summed E-state index contributed by atoms with van der Waals surface area (Å²) in [5.41, 5.74) is 1.86. The highest BCUT2D eigenvalue weighted by Crippen LogP contribution is 2.23. The van der Waals surface area contributed by atoms with Crippen LogP contribution in [0.15, 0.2) is 54.6 Å². The molecule has 0 saturated carbocycles. The van der Waals surface area contributed by atoms with E-state index in [2.05, 4.69) is 5.32 Å². The van der Waals surface area contributed by atoms with E-state index in [4.69, 9.17) is 0 Å². The van der Waals surface area contributed by atoms with Crippen molar-refractivity contribution >= 4 is 5.91 Å². The highest BCUT2D eigenvalue weighted by Gasteiger charge is 2.21. The predicted octanol–water partition coefficient (Wildman–Crippen LogP) is 2.85. The number of benzene rings is 2. The minimum atomic E-state index is -0.638. The van der Waals surface area contributed by atoms with Gasteiger partial charge in [-0.25, -0.2) is 0 Å². The molecule has 0 unspecified atom stereocenters. The van der Waals surface area contributed by atoms with Crippen LogP contribution in [0, 0.1) is 0 Å². The predicted molar refractivity (Wildman–Crippen MR) is 80.5 cm³/mol. The van der Waals surface area contributed by atoms with E-state index in [0.717, 1.165) is 11.1 Å². The van der Waals surface area contributed by atoms with E-state index in [1.165, 1.54) is 0 Å². The summed E-state index contributed by atoms with van der Waals surface area (Å²) in [6.45, 7) is 3.47. The Kier molecular flexibility index (Phi) is 4.20. The maximum absolute atomic E-state index is 12.4. The van der Waals surface area contributed by atoms with E-state index < -0.39 is 5.54 Å². The quantitative estimate of drug-likeness (QED) is 0.896. The molecule has 0 aliphatic heterocycles. The second-order valence-electron chi connectivity index (χ2n) is 5.41. The zero-order chi connectivity index (χ0) is 14.6. The molecule has 0 heterocycles. The van der Waals surface area contributed by atoms with Gasteiger partial charge in [0.05, 0.1) is 12.1 Å². The molecule has 0 bridgehead atoms. The molecule has 2 rings (SSSR count). The van der Waals surface area contributed by atoms with Gasteiger partial charge in [-0.3, -0.25) is 4.79 Å². The van der Waals surface area contributed by atoms with Crippen LogP contribution < -0.4 is 5.32 Å². The van der Waals surface area contributed by atoms with Crippen molar-refractivity contribution in [3.8, 4) is 11.1 Å². The van der Waals surface area contributed by atoms with Gasteiger partial charge >= 0.3 is 0 Å². The highest BCUT2D eigenvalue weighted by atomic mass is 16.3. The number of carbonyl (C=O) groups excluding carboxylic acids is 1. The van der Waals surface area contributed by atoms with Crippen molar-refractivity contribution in [2.75, 3.05) is 6.61 Å². The summed E-state index contributed by atoms with van der Waals surface area (Å²) in [4.78, 5) is 12.4. The minimum Gasteiger partial charge on any atom is -0.394 e. The summed E-state index contributed by atoms with van der Waals surface area (Å²) >= 11 is 0. The highest BCUT2D eigenvalue weighted by molar-refractivity contribution is 6.01. The molecule has 0 spiro atoms. The lowest BCUT2D eigenvalue weighted by Crippen LogP contribution is -2.46. The van der Waals surface area contributed by atoms with Crippen molar-refractivity contribution in [2.45, 2.75) is 19.4 Å². The number of hydrogen-bond acceptors (Lipinski definition) is 2. The number of aliphatic hydroxyl groups is 1. The molecular weight excluding hydrogens is 250 g/mol. The molecule has 0 fully saturated rings. The molecule has 1 amide bonds. The molecule has 0 radical (unpaired) electrons. The van der Waals surface area contributed by atoms with Crippen LogP contribution in [0.4, 0.5) is 0 Å². The molecule has 0 aliphatic rings. The number of carbonyl (C=O) groups is 1. The van der Waals surface area contributed by atoms with Crippen molar-refractivity contribution < 1.29 is 9.90 Å². The molecule has 104 valence electrons. The maximum atomic E-state index is 12.4. The Bertz CT molecular complexity index is 591. The Morgan fingerprint density at radius 1 is 1.05 bits per heavy atom. The summed E-state index contributed by atoms with van der Waals surface area (Å²) in [5, 5.41) is 12.1. The fourth-order valence-electron chi connectivity index (χ4n) is 1.96. The lowest BCUT2D eigenvalue weighted by Gasteiger charge is -2.24. The van der Waals surface area contributed by atoms with E-state index in [9.17, 15) is 9.90 Å². The Hall–Kier alpha value is -2.13. The fourth-order valence-corrected chi connectivity index (χ4v) is 1.96. The fraction of sp³-hybridized carbons (Fsp3) is 0.235. The second-order valence-corrected chi connectivity index (χ2v) is 5.41. The average molecular weight is 269 g/mol. The largest absolute Gasteiger partial charge is 0.394 e. The molecule has 0 aliphatic carbocycles. The molecular formula is C17H19NO2. The number of rotatable bonds is 4. The molecule has 0 atom stereocenters. The van der Waals surface area contributed by atoms with Crippen molar-refractivity contribution in [3.63, 3.8) is 0 Å². The van der Waals surface area contributed by atoms with E-state index in [-0.39, 0.29) is 12.5 Å². The average Bonchev–Trinajstić information content (AvgIpc) is 2.48. The van der Waals surface area contributed by atoms with E-state index in [1.807, 2.05) is 48.5 Å². The zero-order valence-corrected chi connectivity index (χ0v) is 11.8. The van der Waals surface area contributed by atoms with Crippen LogP contribution in [0.1, 0.15) is 24.2 Å².